The van der Waals surface area contributed by atoms with Gasteiger partial charge in [0.05, 0.1) is 0 Å². The molecular weight excluding hydrogens is 244 g/mol. The van der Waals surface area contributed by atoms with Gasteiger partial charge in [0.25, 0.3) is 0 Å². The topological polar surface area (TPSA) is 15.3 Å². The molecule has 0 saturated carbocycles. The van der Waals surface area contributed by atoms with Crippen molar-refractivity contribution in [3.8, 4) is 0 Å². The van der Waals surface area contributed by atoms with Gasteiger partial charge in [-0.2, -0.15) is 0 Å². The van der Waals surface area contributed by atoms with Gasteiger partial charge >= 0.3 is 0 Å². The molecule has 1 aliphatic heterocycles. The number of anilines is 1. The highest BCUT2D eigenvalue weighted by Crippen LogP contribution is 2.31. The third-order valence-corrected chi connectivity index (χ3v) is 5.13. The average Bonchev–Trinajstić information content (AvgIpc) is 2.54. The summed E-state index contributed by atoms with van der Waals surface area (Å²) in [7, 11) is 0. The summed E-state index contributed by atoms with van der Waals surface area (Å²) in [5.74, 6) is 0. The molecule has 1 aliphatic rings. The third-order valence-electron chi connectivity index (χ3n) is 5.13. The second-order valence-electron chi connectivity index (χ2n) is 6.04. The summed E-state index contributed by atoms with van der Waals surface area (Å²) in [6.45, 7) is 11.4. The van der Waals surface area contributed by atoms with E-state index >= 15 is 0 Å². The van der Waals surface area contributed by atoms with Crippen LogP contribution in [0.3, 0.4) is 0 Å². The first-order chi connectivity index (χ1) is 9.69. The van der Waals surface area contributed by atoms with Crippen LogP contribution in [0.25, 0.3) is 0 Å². The fraction of sp³-hybridized carbons (Fsp3) is 0.667. The van der Waals surface area contributed by atoms with Crippen LogP contribution in [-0.4, -0.2) is 24.7 Å². The largest absolute Gasteiger partial charge is 0.365 e. The standard InChI is InChI=1S/C18H30N2/c1-5-15-11-9-10-12-17(15)20-14-18(7-3,8-4)19-13-16(20)6-2/h9-12,16,19H,5-8,13-14H2,1-4H3. The second-order valence-corrected chi connectivity index (χ2v) is 6.04. The minimum absolute atomic E-state index is 0.284. The van der Waals surface area contributed by atoms with Crippen LogP contribution in [-0.2, 0) is 6.42 Å². The molecule has 1 N–H and O–H groups in total. The molecule has 1 atom stereocenters. The molecular formula is C18H30N2. The van der Waals surface area contributed by atoms with Gasteiger partial charge in [-0.05, 0) is 37.3 Å². The number of benzene rings is 1. The molecule has 20 heavy (non-hydrogen) atoms. The second kappa shape index (κ2) is 6.62. The van der Waals surface area contributed by atoms with E-state index in [1.807, 2.05) is 0 Å². The zero-order chi connectivity index (χ0) is 14.6. The van der Waals surface area contributed by atoms with E-state index in [0.717, 1.165) is 19.5 Å². The third kappa shape index (κ3) is 2.85. The van der Waals surface area contributed by atoms with E-state index in [0.29, 0.717) is 6.04 Å². The zero-order valence-corrected chi connectivity index (χ0v) is 13.6. The van der Waals surface area contributed by atoms with Gasteiger partial charge in [0.2, 0.25) is 0 Å². The van der Waals surface area contributed by atoms with Crippen LogP contribution < -0.4 is 10.2 Å². The summed E-state index contributed by atoms with van der Waals surface area (Å²) in [6.07, 6.45) is 4.71. The molecule has 0 radical (unpaired) electrons. The number of nitrogens with zero attached hydrogens (tertiary/aromatic N) is 1. The molecule has 1 fully saturated rings. The summed E-state index contributed by atoms with van der Waals surface area (Å²) >= 11 is 0. The van der Waals surface area contributed by atoms with Crippen molar-refractivity contribution in [3.05, 3.63) is 29.8 Å². The van der Waals surface area contributed by atoms with E-state index < -0.39 is 0 Å². The highest BCUT2D eigenvalue weighted by Gasteiger charge is 2.36. The fourth-order valence-corrected chi connectivity index (χ4v) is 3.42. The quantitative estimate of drug-likeness (QED) is 0.873. The molecule has 0 spiro atoms. The highest BCUT2D eigenvalue weighted by molar-refractivity contribution is 5.55. The molecule has 2 heteroatoms. The minimum Gasteiger partial charge on any atom is -0.365 e. The molecule has 1 unspecified atom stereocenters. The van der Waals surface area contributed by atoms with Gasteiger partial charge in [0.1, 0.15) is 0 Å². The van der Waals surface area contributed by atoms with E-state index in [2.05, 4.69) is 62.2 Å². The SMILES string of the molecule is CCc1ccccc1N1CC(CC)(CC)NCC1CC. The average molecular weight is 274 g/mol. The van der Waals surface area contributed by atoms with Gasteiger partial charge in [-0.25, -0.2) is 0 Å². The van der Waals surface area contributed by atoms with Crippen LogP contribution >= 0.6 is 0 Å². The molecule has 0 amide bonds. The van der Waals surface area contributed by atoms with Gasteiger partial charge in [0.15, 0.2) is 0 Å². The van der Waals surface area contributed by atoms with E-state index in [1.165, 1.54) is 30.5 Å². The fourth-order valence-electron chi connectivity index (χ4n) is 3.42. The first-order valence-corrected chi connectivity index (χ1v) is 8.29. The first-order valence-electron chi connectivity index (χ1n) is 8.29. The summed E-state index contributed by atoms with van der Waals surface area (Å²) in [5, 5.41) is 3.83. The number of nitrogens with one attached hydrogen (secondary N) is 1. The van der Waals surface area contributed by atoms with Crippen molar-refractivity contribution in [1.29, 1.82) is 0 Å². The van der Waals surface area contributed by atoms with Crippen LogP contribution in [0.1, 0.15) is 52.5 Å². The molecule has 1 aromatic rings. The summed E-state index contributed by atoms with van der Waals surface area (Å²) in [4.78, 5) is 2.67. The maximum Gasteiger partial charge on any atom is 0.0413 e. The monoisotopic (exact) mass is 274 g/mol. The first kappa shape index (κ1) is 15.4. The molecule has 1 saturated heterocycles. The van der Waals surface area contributed by atoms with Gasteiger partial charge in [-0.3, -0.25) is 0 Å². The van der Waals surface area contributed by atoms with Gasteiger partial charge < -0.3 is 10.2 Å². The Morgan fingerprint density at radius 2 is 1.85 bits per heavy atom. The molecule has 0 aliphatic carbocycles. The van der Waals surface area contributed by atoms with Crippen molar-refractivity contribution in [3.63, 3.8) is 0 Å². The van der Waals surface area contributed by atoms with Crippen LogP contribution in [0.4, 0.5) is 5.69 Å². The van der Waals surface area contributed by atoms with Gasteiger partial charge in [-0.15, -0.1) is 0 Å². The molecule has 2 nitrogen and oxygen atoms in total. The normalized spacial score (nSPS) is 22.0. The lowest BCUT2D eigenvalue weighted by Crippen LogP contribution is -2.64. The lowest BCUT2D eigenvalue weighted by Gasteiger charge is -2.49. The van der Waals surface area contributed by atoms with Crippen molar-refractivity contribution in [2.75, 3.05) is 18.0 Å². The number of hydrogen-bond acceptors (Lipinski definition) is 2. The maximum absolute atomic E-state index is 3.83. The highest BCUT2D eigenvalue weighted by atomic mass is 15.3. The Bertz CT molecular complexity index is 423. The van der Waals surface area contributed by atoms with Crippen molar-refractivity contribution in [2.24, 2.45) is 0 Å². The van der Waals surface area contributed by atoms with Gasteiger partial charge in [-0.1, -0.05) is 45.9 Å². The number of para-hydroxylation sites is 1. The number of aryl methyl sites for hydroxylation is 1. The predicted octanol–water partition coefficient (Wildman–Crippen LogP) is 4.00. The molecule has 2 rings (SSSR count). The lowest BCUT2D eigenvalue weighted by molar-refractivity contribution is 0.246. The smallest absolute Gasteiger partial charge is 0.0413 e. The predicted molar refractivity (Wildman–Crippen MR) is 88.6 cm³/mol. The minimum atomic E-state index is 0.284. The molecule has 0 aromatic heterocycles. The Labute approximate surface area is 124 Å². The Hall–Kier alpha value is -1.02. The Morgan fingerprint density at radius 1 is 1.15 bits per heavy atom. The van der Waals surface area contributed by atoms with E-state index in [4.69, 9.17) is 0 Å². The van der Waals surface area contributed by atoms with Crippen molar-refractivity contribution >= 4 is 5.69 Å². The Balaban J connectivity index is 2.34. The van der Waals surface area contributed by atoms with Crippen LogP contribution in [0.15, 0.2) is 24.3 Å². The van der Waals surface area contributed by atoms with Crippen LogP contribution in [0.2, 0.25) is 0 Å². The molecule has 1 heterocycles. The van der Waals surface area contributed by atoms with E-state index in [1.54, 1.807) is 0 Å². The maximum atomic E-state index is 3.83. The molecule has 112 valence electrons. The lowest BCUT2D eigenvalue weighted by atomic mass is 9.87. The summed E-state index contributed by atoms with van der Waals surface area (Å²) in [5.41, 5.74) is 3.22. The van der Waals surface area contributed by atoms with E-state index in [-0.39, 0.29) is 5.54 Å². The molecule has 0 bridgehead atoms. The Morgan fingerprint density at radius 3 is 2.45 bits per heavy atom. The van der Waals surface area contributed by atoms with Crippen LogP contribution in [0.5, 0.6) is 0 Å². The zero-order valence-electron chi connectivity index (χ0n) is 13.6. The molecule has 1 aromatic carbocycles. The Kier molecular flexibility index (Phi) is 5.09. The van der Waals surface area contributed by atoms with Crippen LogP contribution in [0, 0.1) is 0 Å². The van der Waals surface area contributed by atoms with Crippen molar-refractivity contribution in [1.82, 2.24) is 5.32 Å². The number of hydrogen-bond donors (Lipinski definition) is 1. The summed E-state index contributed by atoms with van der Waals surface area (Å²) < 4.78 is 0. The number of rotatable bonds is 5. The summed E-state index contributed by atoms with van der Waals surface area (Å²) in [6, 6.07) is 9.56. The number of piperazine rings is 1. The van der Waals surface area contributed by atoms with Crippen molar-refractivity contribution < 1.29 is 0 Å². The van der Waals surface area contributed by atoms with Gasteiger partial charge in [0, 0.05) is 30.4 Å². The van der Waals surface area contributed by atoms with E-state index in [9.17, 15) is 0 Å². The van der Waals surface area contributed by atoms with Crippen molar-refractivity contribution in [2.45, 2.75) is 65.0 Å².